The summed E-state index contributed by atoms with van der Waals surface area (Å²) in [6.07, 6.45) is 4.43. The number of benzene rings is 1. The van der Waals surface area contributed by atoms with Gasteiger partial charge in [0.15, 0.2) is 0 Å². The molecule has 1 aromatic carbocycles. The molecule has 1 aliphatic carbocycles. The van der Waals surface area contributed by atoms with Gasteiger partial charge in [-0.25, -0.2) is 4.98 Å². The van der Waals surface area contributed by atoms with E-state index in [0.29, 0.717) is 54.1 Å². The van der Waals surface area contributed by atoms with Crippen LogP contribution >= 0.6 is 11.6 Å². The Hall–Kier alpha value is -3.12. The lowest BCUT2D eigenvalue weighted by molar-refractivity contribution is -0.141. The Morgan fingerprint density at radius 2 is 2.11 bits per heavy atom. The van der Waals surface area contributed by atoms with Crippen LogP contribution in [0, 0.1) is 17.2 Å². The number of nitriles is 1. The van der Waals surface area contributed by atoms with Gasteiger partial charge in [-0.3, -0.25) is 9.69 Å². The van der Waals surface area contributed by atoms with Crippen molar-refractivity contribution in [3.8, 4) is 17.5 Å². The van der Waals surface area contributed by atoms with Gasteiger partial charge >= 0.3 is 5.97 Å². The Labute approximate surface area is 215 Å². The second-order valence-electron chi connectivity index (χ2n) is 9.48. The van der Waals surface area contributed by atoms with E-state index in [1.54, 1.807) is 0 Å². The number of nitrogens with zero attached hydrogens (tertiary/aromatic N) is 4. The Morgan fingerprint density at radius 1 is 1.31 bits per heavy atom. The van der Waals surface area contributed by atoms with Gasteiger partial charge in [-0.05, 0) is 49.6 Å². The minimum Gasteiger partial charge on any atom is -0.481 e. The highest BCUT2D eigenvalue weighted by Gasteiger charge is 2.37. The zero-order valence-electron chi connectivity index (χ0n) is 20.1. The SMILES string of the molecule is C=C1CCC(N2CCC(C(=O)O)C2)/C1=C/c1nc(-c2cccc(N3CCOCC3)c2Cl)oc1CC#N. The summed E-state index contributed by atoms with van der Waals surface area (Å²) in [5.74, 6) is -0.224. The molecule has 2 aromatic rings. The first kappa shape index (κ1) is 24.6. The molecule has 3 fully saturated rings. The normalized spacial score (nSPS) is 23.9. The molecule has 2 unspecified atom stereocenters. The molecular weight excluding hydrogens is 480 g/mol. The van der Waals surface area contributed by atoms with Crippen molar-refractivity contribution in [1.82, 2.24) is 9.88 Å². The highest BCUT2D eigenvalue weighted by molar-refractivity contribution is 6.35. The predicted octanol–water partition coefficient (Wildman–Crippen LogP) is 4.41. The molecule has 0 radical (unpaired) electrons. The lowest BCUT2D eigenvalue weighted by Crippen LogP contribution is -2.36. The third-order valence-corrected chi connectivity index (χ3v) is 7.71. The van der Waals surface area contributed by atoms with Crippen LogP contribution in [0.4, 0.5) is 5.69 Å². The van der Waals surface area contributed by atoms with Gasteiger partial charge in [0.1, 0.15) is 11.5 Å². The first-order valence-electron chi connectivity index (χ1n) is 12.3. The number of morpholine rings is 1. The Bertz CT molecular complexity index is 1240. The second kappa shape index (κ2) is 10.5. The van der Waals surface area contributed by atoms with E-state index in [0.717, 1.165) is 49.3 Å². The van der Waals surface area contributed by atoms with E-state index in [1.807, 2.05) is 24.3 Å². The molecule has 1 N–H and O–H groups in total. The van der Waals surface area contributed by atoms with Crippen LogP contribution in [0.25, 0.3) is 17.5 Å². The lowest BCUT2D eigenvalue weighted by atomic mass is 10.0. The third-order valence-electron chi connectivity index (χ3n) is 7.32. The number of carboxylic acid groups (broad SMARTS) is 1. The molecule has 2 atom stereocenters. The van der Waals surface area contributed by atoms with Gasteiger partial charge in [-0.15, -0.1) is 0 Å². The number of hydrogen-bond donors (Lipinski definition) is 1. The van der Waals surface area contributed by atoms with Crippen molar-refractivity contribution in [3.63, 3.8) is 0 Å². The van der Waals surface area contributed by atoms with Crippen LogP contribution in [0.15, 0.2) is 40.3 Å². The molecule has 3 aliphatic rings. The molecule has 5 rings (SSSR count). The van der Waals surface area contributed by atoms with E-state index in [4.69, 9.17) is 25.7 Å². The van der Waals surface area contributed by atoms with E-state index in [2.05, 4.69) is 22.4 Å². The highest BCUT2D eigenvalue weighted by atomic mass is 35.5. The molecule has 2 saturated heterocycles. The van der Waals surface area contributed by atoms with E-state index in [1.165, 1.54) is 0 Å². The maximum absolute atomic E-state index is 11.5. The molecule has 36 heavy (non-hydrogen) atoms. The van der Waals surface area contributed by atoms with Crippen LogP contribution < -0.4 is 4.90 Å². The number of rotatable bonds is 6. The Morgan fingerprint density at radius 3 is 2.83 bits per heavy atom. The zero-order chi connectivity index (χ0) is 25.2. The molecule has 0 amide bonds. The second-order valence-corrected chi connectivity index (χ2v) is 9.85. The molecule has 2 aliphatic heterocycles. The van der Waals surface area contributed by atoms with Crippen LogP contribution in [-0.4, -0.2) is 66.4 Å². The van der Waals surface area contributed by atoms with Crippen LogP contribution in [0.2, 0.25) is 5.02 Å². The first-order valence-corrected chi connectivity index (χ1v) is 12.7. The van der Waals surface area contributed by atoms with E-state index < -0.39 is 5.97 Å². The molecule has 0 spiro atoms. The molecule has 9 heteroatoms. The molecule has 8 nitrogen and oxygen atoms in total. The number of halogens is 1. The van der Waals surface area contributed by atoms with E-state index >= 15 is 0 Å². The van der Waals surface area contributed by atoms with Crippen LogP contribution in [-0.2, 0) is 16.0 Å². The number of anilines is 1. The van der Waals surface area contributed by atoms with Crippen molar-refractivity contribution in [2.75, 3.05) is 44.3 Å². The topological polar surface area (TPSA) is 103 Å². The van der Waals surface area contributed by atoms with Crippen LogP contribution in [0.5, 0.6) is 0 Å². The minimum absolute atomic E-state index is 0.0782. The number of aromatic nitrogens is 1. The summed E-state index contributed by atoms with van der Waals surface area (Å²) in [6, 6.07) is 8.04. The molecule has 1 saturated carbocycles. The Balaban J connectivity index is 1.48. The molecule has 1 aromatic heterocycles. The van der Waals surface area contributed by atoms with Gasteiger partial charge in [0.05, 0.1) is 47.9 Å². The largest absolute Gasteiger partial charge is 0.481 e. The summed E-state index contributed by atoms with van der Waals surface area (Å²) in [5, 5.41) is 19.4. The number of carboxylic acids is 1. The zero-order valence-corrected chi connectivity index (χ0v) is 20.8. The summed E-state index contributed by atoms with van der Waals surface area (Å²) in [5.41, 5.74) is 4.22. The van der Waals surface area contributed by atoms with Crippen molar-refractivity contribution in [2.24, 2.45) is 5.92 Å². The summed E-state index contributed by atoms with van der Waals surface area (Å²) >= 11 is 6.83. The number of aliphatic carboxylic acids is 1. The maximum atomic E-state index is 11.5. The van der Waals surface area contributed by atoms with Crippen molar-refractivity contribution < 1.29 is 19.1 Å². The molecular formula is C27H29ClN4O4. The van der Waals surface area contributed by atoms with Gasteiger partial charge in [0.25, 0.3) is 0 Å². The summed E-state index contributed by atoms with van der Waals surface area (Å²) < 4.78 is 11.6. The smallest absolute Gasteiger partial charge is 0.307 e. The van der Waals surface area contributed by atoms with Crippen molar-refractivity contribution in [1.29, 1.82) is 5.26 Å². The maximum Gasteiger partial charge on any atom is 0.307 e. The van der Waals surface area contributed by atoms with Gasteiger partial charge in [-0.2, -0.15) is 5.26 Å². The van der Waals surface area contributed by atoms with E-state index in [-0.39, 0.29) is 18.4 Å². The average Bonchev–Trinajstić information content (AvgIpc) is 3.60. The fourth-order valence-corrected chi connectivity index (χ4v) is 5.69. The average molecular weight is 509 g/mol. The molecule has 188 valence electrons. The summed E-state index contributed by atoms with van der Waals surface area (Å²) in [6.45, 7) is 8.35. The Kier molecular flexibility index (Phi) is 7.15. The number of hydrogen-bond acceptors (Lipinski definition) is 7. The predicted molar refractivity (Wildman–Crippen MR) is 137 cm³/mol. The standard InChI is InChI=1S/C27H29ClN4O4/c1-17-5-6-22(32-10-8-18(16-32)27(33)34)20(17)15-21-24(7-9-29)36-26(30-21)19-3-2-4-23(25(19)28)31-11-13-35-14-12-31/h2-4,15,18,22H,1,5-8,10-14,16H2,(H,33,34)/b20-15+. The van der Waals surface area contributed by atoms with Gasteiger partial charge in [0, 0.05) is 25.7 Å². The quantitative estimate of drug-likeness (QED) is 0.612. The lowest BCUT2D eigenvalue weighted by Gasteiger charge is -2.29. The fraction of sp³-hybridized carbons (Fsp3) is 0.444. The summed E-state index contributed by atoms with van der Waals surface area (Å²) in [7, 11) is 0. The van der Waals surface area contributed by atoms with E-state index in [9.17, 15) is 15.2 Å². The van der Waals surface area contributed by atoms with Gasteiger partial charge in [0.2, 0.25) is 5.89 Å². The van der Waals surface area contributed by atoms with Gasteiger partial charge in [-0.1, -0.05) is 29.8 Å². The first-order chi connectivity index (χ1) is 17.5. The highest BCUT2D eigenvalue weighted by Crippen LogP contribution is 2.39. The fourth-order valence-electron chi connectivity index (χ4n) is 5.37. The summed E-state index contributed by atoms with van der Waals surface area (Å²) in [4.78, 5) is 20.7. The van der Waals surface area contributed by atoms with Crippen LogP contribution in [0.1, 0.15) is 30.7 Å². The van der Waals surface area contributed by atoms with Gasteiger partial charge < -0.3 is 19.2 Å². The number of likely N-dealkylation sites (tertiary alicyclic amines) is 1. The van der Waals surface area contributed by atoms with Crippen molar-refractivity contribution in [2.45, 2.75) is 31.7 Å². The number of oxazole rings is 1. The van der Waals surface area contributed by atoms with Crippen LogP contribution in [0.3, 0.4) is 0 Å². The van der Waals surface area contributed by atoms with Crippen molar-refractivity contribution in [3.05, 3.63) is 52.4 Å². The molecule has 3 heterocycles. The molecule has 0 bridgehead atoms. The number of carbonyl (C=O) groups is 1. The monoisotopic (exact) mass is 508 g/mol. The third kappa shape index (κ3) is 4.79. The van der Waals surface area contributed by atoms with Crippen molar-refractivity contribution >= 4 is 29.3 Å². The minimum atomic E-state index is -0.742. The number of ether oxygens (including phenoxy) is 1.